The van der Waals surface area contributed by atoms with E-state index in [1.165, 1.54) is 0 Å². The number of anilines is 1. The molecular weight excluding hydrogens is 326 g/mol. The number of nitrogens with one attached hydrogen (secondary N) is 2. The van der Waals surface area contributed by atoms with Gasteiger partial charge in [0.15, 0.2) is 0 Å². The maximum absolute atomic E-state index is 12.3. The molecule has 0 unspecified atom stereocenters. The Hall–Kier alpha value is -2.95. The topological polar surface area (TPSA) is 70.6 Å². The quantitative estimate of drug-likeness (QED) is 0.548. The van der Waals surface area contributed by atoms with Crippen LogP contribution < -0.4 is 10.7 Å². The molecule has 0 aliphatic rings. The Morgan fingerprint density at radius 1 is 0.846 bits per heavy atom. The van der Waals surface area contributed by atoms with Crippen molar-refractivity contribution < 1.29 is 9.59 Å². The lowest BCUT2D eigenvalue weighted by molar-refractivity contribution is -0.116. The zero-order valence-electron chi connectivity index (χ0n) is 15.3. The van der Waals surface area contributed by atoms with Gasteiger partial charge in [0.05, 0.1) is 5.71 Å². The normalized spacial score (nSPS) is 11.1. The van der Waals surface area contributed by atoms with E-state index in [2.05, 4.69) is 22.8 Å². The van der Waals surface area contributed by atoms with Crippen molar-refractivity contribution in [1.29, 1.82) is 0 Å². The van der Waals surface area contributed by atoms with Gasteiger partial charge < -0.3 is 5.32 Å². The molecule has 5 nitrogen and oxygen atoms in total. The molecule has 0 bridgehead atoms. The van der Waals surface area contributed by atoms with E-state index in [0.29, 0.717) is 17.7 Å². The molecule has 136 valence electrons. The summed E-state index contributed by atoms with van der Waals surface area (Å²) < 4.78 is 0. The molecule has 2 N–H and O–H groups in total. The first-order valence-corrected chi connectivity index (χ1v) is 8.96. The lowest BCUT2D eigenvalue weighted by atomic mass is 10.1. The summed E-state index contributed by atoms with van der Waals surface area (Å²) in [7, 11) is 0. The predicted molar refractivity (Wildman–Crippen MR) is 105 cm³/mol. The lowest BCUT2D eigenvalue weighted by Gasteiger charge is -2.07. The van der Waals surface area contributed by atoms with E-state index in [1.54, 1.807) is 24.3 Å². The van der Waals surface area contributed by atoms with E-state index in [-0.39, 0.29) is 11.8 Å². The van der Waals surface area contributed by atoms with Gasteiger partial charge in [0.1, 0.15) is 0 Å². The fourth-order valence-corrected chi connectivity index (χ4v) is 2.47. The smallest absolute Gasteiger partial charge is 0.271 e. The maximum Gasteiger partial charge on any atom is 0.271 e. The van der Waals surface area contributed by atoms with Crippen molar-refractivity contribution in [3.05, 3.63) is 65.7 Å². The lowest BCUT2D eigenvalue weighted by Crippen LogP contribution is -2.20. The fraction of sp³-hybridized carbons (Fsp3) is 0.286. The minimum absolute atomic E-state index is 0.0265. The zero-order valence-corrected chi connectivity index (χ0v) is 15.3. The Bertz CT molecular complexity index is 753. The first-order valence-electron chi connectivity index (χ1n) is 8.96. The van der Waals surface area contributed by atoms with Crippen LogP contribution in [0.3, 0.4) is 0 Å². The van der Waals surface area contributed by atoms with Crippen LogP contribution in [0.4, 0.5) is 5.69 Å². The van der Waals surface area contributed by atoms with Gasteiger partial charge in [0.25, 0.3) is 5.91 Å². The number of amides is 2. The molecule has 2 amide bonds. The third-order valence-electron chi connectivity index (χ3n) is 3.79. The first kappa shape index (κ1) is 19.4. The molecule has 26 heavy (non-hydrogen) atoms. The molecule has 0 heterocycles. The second kappa shape index (κ2) is 10.1. The van der Waals surface area contributed by atoms with Gasteiger partial charge in [-0.2, -0.15) is 5.10 Å². The molecule has 2 aromatic carbocycles. The van der Waals surface area contributed by atoms with Crippen LogP contribution in [-0.2, 0) is 4.79 Å². The molecule has 0 saturated heterocycles. The largest absolute Gasteiger partial charge is 0.326 e. The third-order valence-corrected chi connectivity index (χ3v) is 3.79. The van der Waals surface area contributed by atoms with E-state index in [0.717, 1.165) is 30.5 Å². The maximum atomic E-state index is 12.3. The van der Waals surface area contributed by atoms with Crippen LogP contribution in [-0.4, -0.2) is 17.5 Å². The number of hydrazone groups is 1. The van der Waals surface area contributed by atoms with Crippen molar-refractivity contribution in [2.45, 2.75) is 39.5 Å². The molecule has 0 saturated carbocycles. The standard InChI is InChI=1S/C21H25N3O2/c1-3-8-19(16-10-6-5-7-11-16)23-24-21(26)17-12-14-18(15-13-17)22-20(25)9-4-2/h5-7,10-15H,3-4,8-9H2,1-2H3,(H,22,25)(H,24,26). The summed E-state index contributed by atoms with van der Waals surface area (Å²) in [4.78, 5) is 23.9. The Morgan fingerprint density at radius 2 is 1.50 bits per heavy atom. The highest BCUT2D eigenvalue weighted by Gasteiger charge is 2.08. The Labute approximate surface area is 154 Å². The Morgan fingerprint density at radius 3 is 2.12 bits per heavy atom. The molecule has 0 atom stereocenters. The summed E-state index contributed by atoms with van der Waals surface area (Å²) in [5, 5.41) is 7.10. The van der Waals surface area contributed by atoms with Crippen LogP contribution >= 0.6 is 0 Å². The monoisotopic (exact) mass is 351 g/mol. The number of rotatable bonds is 8. The SMILES string of the molecule is CCCC(=O)Nc1ccc(C(=O)NN=C(CCC)c2ccccc2)cc1. The minimum atomic E-state index is -0.277. The second-order valence-corrected chi connectivity index (χ2v) is 5.99. The second-order valence-electron chi connectivity index (χ2n) is 5.99. The third kappa shape index (κ3) is 5.84. The van der Waals surface area contributed by atoms with Gasteiger partial charge in [-0.3, -0.25) is 9.59 Å². The highest BCUT2D eigenvalue weighted by Crippen LogP contribution is 2.11. The predicted octanol–water partition coefficient (Wildman–Crippen LogP) is 4.36. The highest BCUT2D eigenvalue weighted by molar-refractivity contribution is 6.02. The van der Waals surface area contributed by atoms with Gasteiger partial charge in [-0.1, -0.05) is 50.6 Å². The molecule has 0 spiro atoms. The average molecular weight is 351 g/mol. The fourth-order valence-electron chi connectivity index (χ4n) is 2.47. The van der Waals surface area contributed by atoms with Crippen molar-refractivity contribution in [2.75, 3.05) is 5.32 Å². The minimum Gasteiger partial charge on any atom is -0.326 e. The number of benzene rings is 2. The van der Waals surface area contributed by atoms with Crippen LogP contribution in [0.2, 0.25) is 0 Å². The van der Waals surface area contributed by atoms with Gasteiger partial charge in [0.2, 0.25) is 5.91 Å². The van der Waals surface area contributed by atoms with Gasteiger partial charge in [-0.15, -0.1) is 0 Å². The number of nitrogens with zero attached hydrogens (tertiary/aromatic N) is 1. The molecule has 0 radical (unpaired) electrons. The van der Waals surface area contributed by atoms with Crippen molar-refractivity contribution in [3.8, 4) is 0 Å². The molecule has 0 aromatic heterocycles. The number of carbonyl (C=O) groups is 2. The van der Waals surface area contributed by atoms with E-state index in [9.17, 15) is 9.59 Å². The van der Waals surface area contributed by atoms with Gasteiger partial charge in [-0.25, -0.2) is 5.43 Å². The van der Waals surface area contributed by atoms with Crippen LogP contribution in [0.25, 0.3) is 0 Å². The van der Waals surface area contributed by atoms with Gasteiger partial charge in [-0.05, 0) is 42.7 Å². The molecular formula is C21H25N3O2. The van der Waals surface area contributed by atoms with Gasteiger partial charge in [0, 0.05) is 17.7 Å². The van der Waals surface area contributed by atoms with Gasteiger partial charge >= 0.3 is 0 Å². The Balaban J connectivity index is 2.03. The number of hydrogen-bond donors (Lipinski definition) is 2. The van der Waals surface area contributed by atoms with Crippen molar-refractivity contribution in [2.24, 2.45) is 5.10 Å². The summed E-state index contributed by atoms with van der Waals surface area (Å²) >= 11 is 0. The molecule has 0 aliphatic heterocycles. The van der Waals surface area contributed by atoms with E-state index in [1.807, 2.05) is 37.3 Å². The zero-order chi connectivity index (χ0) is 18.8. The molecule has 5 heteroatoms. The summed E-state index contributed by atoms with van der Waals surface area (Å²) in [6.07, 6.45) is 3.00. The highest BCUT2D eigenvalue weighted by atomic mass is 16.2. The van der Waals surface area contributed by atoms with Crippen LogP contribution in [0.1, 0.15) is 55.5 Å². The van der Waals surface area contributed by atoms with Crippen molar-refractivity contribution in [1.82, 2.24) is 5.43 Å². The van der Waals surface area contributed by atoms with E-state index >= 15 is 0 Å². The summed E-state index contributed by atoms with van der Waals surface area (Å²) in [5.74, 6) is -0.303. The molecule has 0 fully saturated rings. The molecule has 2 aromatic rings. The van der Waals surface area contributed by atoms with E-state index < -0.39 is 0 Å². The molecule has 2 rings (SSSR count). The average Bonchev–Trinajstić information content (AvgIpc) is 2.66. The number of hydrogen-bond acceptors (Lipinski definition) is 3. The summed E-state index contributed by atoms with van der Waals surface area (Å²) in [6, 6.07) is 16.6. The van der Waals surface area contributed by atoms with Crippen molar-refractivity contribution in [3.63, 3.8) is 0 Å². The van der Waals surface area contributed by atoms with Crippen LogP contribution in [0.5, 0.6) is 0 Å². The first-order chi connectivity index (χ1) is 12.6. The van der Waals surface area contributed by atoms with Crippen molar-refractivity contribution >= 4 is 23.2 Å². The molecule has 0 aliphatic carbocycles. The van der Waals surface area contributed by atoms with Crippen LogP contribution in [0, 0.1) is 0 Å². The summed E-state index contributed by atoms with van der Waals surface area (Å²) in [6.45, 7) is 4.03. The van der Waals surface area contributed by atoms with Crippen LogP contribution in [0.15, 0.2) is 59.7 Å². The van der Waals surface area contributed by atoms with E-state index in [4.69, 9.17) is 0 Å². The Kier molecular flexibility index (Phi) is 7.55. The summed E-state index contributed by atoms with van der Waals surface area (Å²) in [5.41, 5.74) is 5.65. The number of carbonyl (C=O) groups excluding carboxylic acids is 2.